The molecule has 3 heterocycles. The number of carbonyl (C=O) groups excluding carboxylic acids is 1. The summed E-state index contributed by atoms with van der Waals surface area (Å²) in [6.45, 7) is 8.60. The van der Waals surface area contributed by atoms with Crippen molar-refractivity contribution < 1.29 is 32.5 Å². The van der Waals surface area contributed by atoms with Crippen molar-refractivity contribution in [2.45, 2.75) is 25.7 Å². The van der Waals surface area contributed by atoms with Crippen LogP contribution in [-0.2, 0) is 4.79 Å². The summed E-state index contributed by atoms with van der Waals surface area (Å²) in [6.07, 6.45) is 4.96. The van der Waals surface area contributed by atoms with Crippen LogP contribution in [0.3, 0.4) is 0 Å². The standard InChI is InChI=1S/C25H29FN2O2.C24H27FN2O3/c1-27-10-12-28(13-11-27)15-20-17-30-24-9-8-22(29-16-18-2-3-18)14-23(24)25(20)19-4-6-21(26)7-5-19;1-27(2)12-11-26-24(28)21-15-30-22-10-9-19(29-14-16-3-4-16)13-20(22)23(21)17-5-7-18(25)8-6-17/h4-9,14,18H,2-3,10-13,15-17H2,1H3;5-10,13,16H,3-4,11-12,14-15H2,1-2H3,(H,26,28). The molecule has 2 saturated carbocycles. The molecule has 60 heavy (non-hydrogen) atoms. The second-order valence-corrected chi connectivity index (χ2v) is 16.9. The molecule has 1 saturated heterocycles. The van der Waals surface area contributed by atoms with Crippen molar-refractivity contribution in [2.75, 3.05) is 93.4 Å². The molecule has 9 rings (SSSR count). The molecule has 4 aromatic carbocycles. The van der Waals surface area contributed by atoms with Gasteiger partial charge in [0.2, 0.25) is 0 Å². The first kappa shape index (κ1) is 41.5. The van der Waals surface area contributed by atoms with E-state index in [2.05, 4.69) is 28.2 Å². The lowest BCUT2D eigenvalue weighted by atomic mass is 9.90. The number of ether oxygens (including phenoxy) is 4. The van der Waals surface area contributed by atoms with Gasteiger partial charge in [-0.1, -0.05) is 24.3 Å². The van der Waals surface area contributed by atoms with Gasteiger partial charge in [-0.2, -0.15) is 0 Å². The van der Waals surface area contributed by atoms with Crippen LogP contribution in [0.1, 0.15) is 47.9 Å². The number of carbonyl (C=O) groups is 1. The minimum absolute atomic E-state index is 0.162. The Morgan fingerprint density at radius 3 is 1.77 bits per heavy atom. The number of amides is 1. The van der Waals surface area contributed by atoms with E-state index in [1.807, 2.05) is 61.5 Å². The summed E-state index contributed by atoms with van der Waals surface area (Å²) in [5.41, 5.74) is 7.35. The second kappa shape index (κ2) is 19.0. The summed E-state index contributed by atoms with van der Waals surface area (Å²) in [5, 5.41) is 2.96. The van der Waals surface area contributed by atoms with Crippen LogP contribution in [0.15, 0.2) is 96.1 Å². The molecule has 0 spiro atoms. The molecule has 316 valence electrons. The summed E-state index contributed by atoms with van der Waals surface area (Å²) >= 11 is 0. The van der Waals surface area contributed by atoms with Gasteiger partial charge < -0.3 is 34.1 Å². The molecule has 3 aliphatic heterocycles. The zero-order valence-corrected chi connectivity index (χ0v) is 35.0. The number of hydrogen-bond donors (Lipinski definition) is 1. The van der Waals surface area contributed by atoms with Crippen LogP contribution in [0.25, 0.3) is 11.1 Å². The molecule has 0 unspecified atom stereocenters. The number of halogens is 2. The first-order valence-corrected chi connectivity index (χ1v) is 21.3. The molecule has 0 atom stereocenters. The van der Waals surface area contributed by atoms with E-state index in [4.69, 9.17) is 18.9 Å². The minimum Gasteiger partial charge on any atom is -0.493 e. The van der Waals surface area contributed by atoms with E-state index in [1.165, 1.54) is 43.4 Å². The Hall–Kier alpha value is -5.23. The molecular formula is C49H56F2N4O5. The predicted molar refractivity (Wildman–Crippen MR) is 231 cm³/mol. The maximum atomic E-state index is 13.6. The lowest BCUT2D eigenvalue weighted by molar-refractivity contribution is -0.117. The Labute approximate surface area is 352 Å². The van der Waals surface area contributed by atoms with Crippen LogP contribution in [0.2, 0.25) is 0 Å². The highest BCUT2D eigenvalue weighted by atomic mass is 19.1. The van der Waals surface area contributed by atoms with Crippen molar-refractivity contribution in [1.82, 2.24) is 20.0 Å². The quantitative estimate of drug-likeness (QED) is 0.140. The number of likely N-dealkylation sites (N-methyl/N-ethyl adjacent to an activating group) is 2. The molecule has 3 fully saturated rings. The van der Waals surface area contributed by atoms with Gasteiger partial charge in [-0.25, -0.2) is 8.78 Å². The van der Waals surface area contributed by atoms with E-state index in [1.54, 1.807) is 24.3 Å². The van der Waals surface area contributed by atoms with Gasteiger partial charge in [0.25, 0.3) is 5.91 Å². The minimum atomic E-state index is -0.315. The Kier molecular flexibility index (Phi) is 13.1. The zero-order chi connectivity index (χ0) is 41.6. The molecule has 1 amide bonds. The fourth-order valence-electron chi connectivity index (χ4n) is 7.65. The third-order valence-electron chi connectivity index (χ3n) is 11.6. The van der Waals surface area contributed by atoms with Crippen molar-refractivity contribution >= 4 is 17.1 Å². The lowest BCUT2D eigenvalue weighted by Crippen LogP contribution is -2.45. The molecular weight excluding hydrogens is 763 g/mol. The largest absolute Gasteiger partial charge is 0.493 e. The van der Waals surface area contributed by atoms with Crippen molar-refractivity contribution in [1.29, 1.82) is 0 Å². The van der Waals surface area contributed by atoms with Crippen LogP contribution in [0, 0.1) is 23.5 Å². The van der Waals surface area contributed by atoms with Crippen LogP contribution in [0.5, 0.6) is 23.0 Å². The molecule has 0 radical (unpaired) electrons. The Bertz CT molecular complexity index is 2190. The summed E-state index contributed by atoms with van der Waals surface area (Å²) < 4.78 is 51.2. The molecule has 1 N–H and O–H groups in total. The van der Waals surface area contributed by atoms with E-state index in [9.17, 15) is 13.6 Å². The van der Waals surface area contributed by atoms with E-state index in [0.717, 1.165) is 96.5 Å². The van der Waals surface area contributed by atoms with Crippen molar-refractivity contribution in [3.8, 4) is 23.0 Å². The normalized spacial score (nSPS) is 17.8. The molecule has 9 nitrogen and oxygen atoms in total. The van der Waals surface area contributed by atoms with E-state index in [-0.39, 0.29) is 24.1 Å². The van der Waals surface area contributed by atoms with Crippen molar-refractivity contribution in [3.05, 3.63) is 130 Å². The van der Waals surface area contributed by atoms with Gasteiger partial charge in [0.05, 0.1) is 18.8 Å². The highest BCUT2D eigenvalue weighted by Crippen LogP contribution is 2.42. The van der Waals surface area contributed by atoms with Gasteiger partial charge >= 0.3 is 0 Å². The zero-order valence-electron chi connectivity index (χ0n) is 35.0. The Morgan fingerprint density at radius 2 is 1.23 bits per heavy atom. The average molecular weight is 819 g/mol. The summed E-state index contributed by atoms with van der Waals surface area (Å²) in [6, 6.07) is 24.8. The van der Waals surface area contributed by atoms with Crippen molar-refractivity contribution in [2.24, 2.45) is 11.8 Å². The van der Waals surface area contributed by atoms with Crippen LogP contribution in [-0.4, -0.2) is 114 Å². The van der Waals surface area contributed by atoms with Gasteiger partial charge in [-0.3, -0.25) is 9.69 Å². The fourth-order valence-corrected chi connectivity index (χ4v) is 7.65. The van der Waals surface area contributed by atoms with Gasteiger partial charge in [0.1, 0.15) is 47.8 Å². The summed E-state index contributed by atoms with van der Waals surface area (Å²) in [4.78, 5) is 19.8. The predicted octanol–water partition coefficient (Wildman–Crippen LogP) is 7.54. The molecule has 0 aromatic heterocycles. The number of nitrogens with zero attached hydrogens (tertiary/aromatic N) is 3. The molecule has 4 aromatic rings. The second-order valence-electron chi connectivity index (χ2n) is 16.9. The van der Waals surface area contributed by atoms with E-state index in [0.29, 0.717) is 42.9 Å². The highest BCUT2D eigenvalue weighted by Gasteiger charge is 2.29. The number of nitrogens with one attached hydrogen (secondary N) is 1. The van der Waals surface area contributed by atoms with Gasteiger partial charge in [-0.05, 0) is 142 Å². The van der Waals surface area contributed by atoms with Crippen molar-refractivity contribution in [3.63, 3.8) is 0 Å². The average Bonchev–Trinajstić information content (AvgIpc) is 4.20. The first-order valence-electron chi connectivity index (χ1n) is 21.3. The number of fused-ring (bicyclic) bond motifs is 2. The SMILES string of the molecule is CN(C)CCNC(=O)C1=C(c2ccc(F)cc2)c2cc(OCC3CC3)ccc2OC1.CN1CCN(CC2=C(c3ccc(F)cc3)c3cc(OCC4CC4)ccc3OC2)CC1. The third-order valence-corrected chi connectivity index (χ3v) is 11.6. The number of rotatable bonds is 14. The van der Waals surface area contributed by atoms with Crippen LogP contribution in [0.4, 0.5) is 8.78 Å². The van der Waals surface area contributed by atoms with E-state index < -0.39 is 0 Å². The van der Waals surface area contributed by atoms with E-state index >= 15 is 0 Å². The first-order chi connectivity index (χ1) is 29.2. The Balaban J connectivity index is 0.000000166. The summed E-state index contributed by atoms with van der Waals surface area (Å²) in [7, 11) is 6.08. The fraction of sp³-hybridized carbons (Fsp3) is 0.408. The smallest absolute Gasteiger partial charge is 0.251 e. The third kappa shape index (κ3) is 10.7. The molecule has 5 aliphatic rings. The lowest BCUT2D eigenvalue weighted by Gasteiger charge is -2.34. The number of hydrogen-bond acceptors (Lipinski definition) is 8. The van der Waals surface area contributed by atoms with Gasteiger partial charge in [-0.15, -0.1) is 0 Å². The molecule has 11 heteroatoms. The maximum absolute atomic E-state index is 13.6. The molecule has 0 bridgehead atoms. The van der Waals surface area contributed by atoms with Gasteiger partial charge in [0.15, 0.2) is 0 Å². The molecule has 2 aliphatic carbocycles. The number of benzene rings is 4. The van der Waals surface area contributed by atoms with Gasteiger partial charge in [0, 0.05) is 62.5 Å². The highest BCUT2D eigenvalue weighted by molar-refractivity contribution is 6.06. The monoisotopic (exact) mass is 818 g/mol. The maximum Gasteiger partial charge on any atom is 0.251 e. The topological polar surface area (TPSA) is 75.7 Å². The van der Waals surface area contributed by atoms with Crippen LogP contribution >= 0.6 is 0 Å². The Morgan fingerprint density at radius 1 is 0.717 bits per heavy atom. The van der Waals surface area contributed by atoms with Crippen LogP contribution < -0.4 is 24.3 Å². The number of piperazine rings is 1. The summed E-state index contributed by atoms with van der Waals surface area (Å²) in [5.74, 6) is 3.83.